The third-order valence-corrected chi connectivity index (χ3v) is 6.10. The van der Waals surface area contributed by atoms with Crippen LogP contribution >= 0.6 is 7.92 Å². The summed E-state index contributed by atoms with van der Waals surface area (Å²) in [5.74, 6) is 0. The first kappa shape index (κ1) is 15.9. The lowest BCUT2D eigenvalue weighted by molar-refractivity contribution is 0.570. The van der Waals surface area contributed by atoms with Gasteiger partial charge < -0.3 is 0 Å². The Morgan fingerprint density at radius 2 is 1.17 bits per heavy atom. The smallest absolute Gasteiger partial charge is 0.0724 e. The van der Waals surface area contributed by atoms with E-state index in [0.29, 0.717) is 0 Å². The Morgan fingerprint density at radius 3 is 1.65 bits per heavy atom. The summed E-state index contributed by atoms with van der Waals surface area (Å²) in [6.45, 7) is 6.64. The van der Waals surface area contributed by atoms with Crippen LogP contribution in [0.15, 0.2) is 78.9 Å². The van der Waals surface area contributed by atoms with E-state index in [2.05, 4.69) is 99.6 Å². The zero-order valence-electron chi connectivity index (χ0n) is 13.9. The molecule has 2 heteroatoms. The van der Waals surface area contributed by atoms with E-state index in [-0.39, 0.29) is 5.41 Å². The Morgan fingerprint density at radius 1 is 0.652 bits per heavy atom. The molecule has 0 N–H and O–H groups in total. The predicted octanol–water partition coefficient (Wildman–Crippen LogP) is 4.14. The predicted molar refractivity (Wildman–Crippen MR) is 102 cm³/mol. The lowest BCUT2D eigenvalue weighted by Crippen LogP contribution is -2.25. The quantitative estimate of drug-likeness (QED) is 0.661. The lowest BCUT2D eigenvalue weighted by Gasteiger charge is -2.22. The first-order valence-electron chi connectivity index (χ1n) is 7.93. The van der Waals surface area contributed by atoms with Crippen molar-refractivity contribution in [1.82, 2.24) is 4.98 Å². The lowest BCUT2D eigenvalue weighted by atomic mass is 9.92. The molecule has 116 valence electrons. The molecule has 0 unspecified atom stereocenters. The van der Waals surface area contributed by atoms with E-state index in [1.807, 2.05) is 0 Å². The van der Waals surface area contributed by atoms with Crippen LogP contribution in [0.25, 0.3) is 0 Å². The minimum absolute atomic E-state index is 0.0599. The number of pyridine rings is 1. The van der Waals surface area contributed by atoms with Gasteiger partial charge in [-0.05, 0) is 22.7 Å². The van der Waals surface area contributed by atoms with E-state index < -0.39 is 7.92 Å². The van der Waals surface area contributed by atoms with Gasteiger partial charge in [-0.15, -0.1) is 0 Å². The average molecular weight is 319 g/mol. The Bertz CT molecular complexity index is 721. The van der Waals surface area contributed by atoms with Crippen LogP contribution < -0.4 is 16.0 Å². The van der Waals surface area contributed by atoms with E-state index in [1.165, 1.54) is 16.0 Å². The van der Waals surface area contributed by atoms with E-state index in [1.54, 1.807) is 0 Å². The summed E-state index contributed by atoms with van der Waals surface area (Å²) in [7, 11) is -0.620. The highest BCUT2D eigenvalue weighted by atomic mass is 31.1. The SMILES string of the molecule is CC(C)(C)c1cccc(P(c2ccccc2)c2ccccc2)n1. The summed E-state index contributed by atoms with van der Waals surface area (Å²) < 4.78 is 0. The molecule has 1 heterocycles. The second-order valence-corrected chi connectivity index (χ2v) is 8.80. The molecule has 3 aromatic rings. The van der Waals surface area contributed by atoms with Gasteiger partial charge in [-0.25, -0.2) is 0 Å². The number of hydrogen-bond donors (Lipinski definition) is 0. The molecule has 2 aromatic carbocycles. The highest BCUT2D eigenvalue weighted by Gasteiger charge is 2.21. The van der Waals surface area contributed by atoms with Gasteiger partial charge in [0.25, 0.3) is 0 Å². The van der Waals surface area contributed by atoms with Gasteiger partial charge >= 0.3 is 0 Å². The molecule has 0 bridgehead atoms. The molecule has 0 aliphatic rings. The molecule has 23 heavy (non-hydrogen) atoms. The second kappa shape index (κ2) is 6.64. The molecular weight excluding hydrogens is 297 g/mol. The Kier molecular flexibility index (Phi) is 4.59. The van der Waals surface area contributed by atoms with Crippen molar-refractivity contribution < 1.29 is 0 Å². The van der Waals surface area contributed by atoms with Crippen LogP contribution in [0, 0.1) is 0 Å². The van der Waals surface area contributed by atoms with Gasteiger partial charge in [0, 0.05) is 19.0 Å². The zero-order valence-corrected chi connectivity index (χ0v) is 14.8. The van der Waals surface area contributed by atoms with Gasteiger partial charge in [-0.2, -0.15) is 0 Å². The highest BCUT2D eigenvalue weighted by molar-refractivity contribution is 7.79. The van der Waals surface area contributed by atoms with Crippen molar-refractivity contribution in [2.75, 3.05) is 0 Å². The summed E-state index contributed by atoms with van der Waals surface area (Å²) >= 11 is 0. The van der Waals surface area contributed by atoms with Crippen molar-refractivity contribution in [1.29, 1.82) is 0 Å². The van der Waals surface area contributed by atoms with Crippen LogP contribution in [0.1, 0.15) is 26.5 Å². The third-order valence-electron chi connectivity index (χ3n) is 3.76. The maximum atomic E-state index is 5.03. The van der Waals surface area contributed by atoms with E-state index in [4.69, 9.17) is 4.98 Å². The Hall–Kier alpha value is -1.98. The van der Waals surface area contributed by atoms with E-state index in [9.17, 15) is 0 Å². The summed E-state index contributed by atoms with van der Waals surface area (Å²) in [4.78, 5) is 5.03. The molecule has 0 aliphatic heterocycles. The monoisotopic (exact) mass is 319 g/mol. The fraction of sp³-hybridized carbons (Fsp3) is 0.190. The van der Waals surface area contributed by atoms with Crippen molar-refractivity contribution in [3.8, 4) is 0 Å². The van der Waals surface area contributed by atoms with Gasteiger partial charge in [0.05, 0.1) is 5.44 Å². The molecule has 0 saturated carbocycles. The Balaban J connectivity index is 2.14. The van der Waals surface area contributed by atoms with Crippen molar-refractivity contribution in [2.45, 2.75) is 26.2 Å². The van der Waals surface area contributed by atoms with Crippen LogP contribution in [0.5, 0.6) is 0 Å². The maximum Gasteiger partial charge on any atom is 0.0724 e. The zero-order chi connectivity index (χ0) is 16.3. The van der Waals surface area contributed by atoms with Gasteiger partial charge in [0.1, 0.15) is 0 Å². The normalized spacial score (nSPS) is 11.7. The molecular formula is C21H22NP. The van der Waals surface area contributed by atoms with Crippen molar-refractivity contribution >= 4 is 24.0 Å². The molecule has 0 fully saturated rings. The number of aromatic nitrogens is 1. The molecule has 0 amide bonds. The summed E-state index contributed by atoms with van der Waals surface area (Å²) in [6, 6.07) is 27.9. The van der Waals surface area contributed by atoms with Gasteiger partial charge in [0.2, 0.25) is 0 Å². The molecule has 0 saturated heterocycles. The first-order chi connectivity index (χ1) is 11.1. The van der Waals surface area contributed by atoms with E-state index >= 15 is 0 Å². The molecule has 0 spiro atoms. The average Bonchev–Trinajstić information content (AvgIpc) is 2.57. The number of rotatable bonds is 3. The number of benzene rings is 2. The fourth-order valence-electron chi connectivity index (χ4n) is 2.53. The summed E-state index contributed by atoms with van der Waals surface area (Å²) in [5.41, 5.74) is 2.38. The second-order valence-electron chi connectivity index (χ2n) is 6.64. The molecule has 0 radical (unpaired) electrons. The van der Waals surface area contributed by atoms with Crippen molar-refractivity contribution in [2.24, 2.45) is 0 Å². The number of nitrogens with zero attached hydrogens (tertiary/aromatic N) is 1. The van der Waals surface area contributed by atoms with Gasteiger partial charge in [0.15, 0.2) is 0 Å². The standard InChI is InChI=1S/C21H22NP/c1-21(2,3)19-15-10-16-20(22-19)23(17-11-6-4-7-12-17)18-13-8-5-9-14-18/h4-16H,1-3H3. The summed E-state index contributed by atoms with van der Waals surface area (Å²) in [6.07, 6.45) is 0. The molecule has 0 atom stereocenters. The minimum atomic E-state index is -0.620. The van der Waals surface area contributed by atoms with Crippen molar-refractivity contribution in [3.05, 3.63) is 84.6 Å². The molecule has 3 rings (SSSR count). The van der Waals surface area contributed by atoms with Gasteiger partial charge in [-0.3, -0.25) is 4.98 Å². The highest BCUT2D eigenvalue weighted by Crippen LogP contribution is 2.32. The van der Waals surface area contributed by atoms with Gasteiger partial charge in [-0.1, -0.05) is 87.5 Å². The van der Waals surface area contributed by atoms with Crippen LogP contribution in [0.2, 0.25) is 0 Å². The largest absolute Gasteiger partial charge is 0.252 e. The Labute approximate surface area is 140 Å². The van der Waals surface area contributed by atoms with Crippen LogP contribution in [0.4, 0.5) is 0 Å². The maximum absolute atomic E-state index is 5.03. The van der Waals surface area contributed by atoms with Crippen molar-refractivity contribution in [3.63, 3.8) is 0 Å². The third kappa shape index (κ3) is 3.68. The molecule has 1 aromatic heterocycles. The molecule has 1 nitrogen and oxygen atoms in total. The summed E-state index contributed by atoms with van der Waals surface area (Å²) in [5, 5.41) is 2.68. The topological polar surface area (TPSA) is 12.9 Å². The molecule has 0 aliphatic carbocycles. The minimum Gasteiger partial charge on any atom is -0.252 e. The fourth-order valence-corrected chi connectivity index (χ4v) is 4.74. The number of hydrogen-bond acceptors (Lipinski definition) is 1. The first-order valence-corrected chi connectivity index (χ1v) is 9.28. The van der Waals surface area contributed by atoms with Crippen LogP contribution in [-0.4, -0.2) is 4.98 Å². The van der Waals surface area contributed by atoms with Crippen LogP contribution in [-0.2, 0) is 5.41 Å². The van der Waals surface area contributed by atoms with Crippen LogP contribution in [0.3, 0.4) is 0 Å². The van der Waals surface area contributed by atoms with E-state index in [0.717, 1.165) is 5.69 Å².